The molecule has 0 aliphatic heterocycles. The number of aliphatic hydroxyl groups is 1. The van der Waals surface area contributed by atoms with Crippen LogP contribution < -0.4 is 4.74 Å². The van der Waals surface area contributed by atoms with E-state index in [1.807, 2.05) is 0 Å². The number of nitrogens with zero attached hydrogens (tertiary/aromatic N) is 1. The second kappa shape index (κ2) is 6.51. The summed E-state index contributed by atoms with van der Waals surface area (Å²) < 4.78 is 27.7. The molecular weight excluding hydrogens is 354 g/mol. The predicted molar refractivity (Wildman–Crippen MR) is 76.6 cm³/mol. The Morgan fingerprint density at radius 3 is 2.55 bits per heavy atom. The molecule has 0 aliphatic rings. The lowest BCUT2D eigenvalue weighted by Crippen LogP contribution is -2.14. The summed E-state index contributed by atoms with van der Waals surface area (Å²) in [5, 5.41) is 20.7. The SMILES string of the molecule is C[C@H](O)c1cc(Br)cc([N+](=O)[O-])c1OCCS(C)(=O)=O. The number of sulfone groups is 1. The number of aliphatic hydroxyl groups excluding tert-OH is 1. The quantitative estimate of drug-likeness (QED) is 0.607. The summed E-state index contributed by atoms with van der Waals surface area (Å²) in [6, 6.07) is 2.73. The van der Waals surface area contributed by atoms with Gasteiger partial charge in [-0.1, -0.05) is 15.9 Å². The van der Waals surface area contributed by atoms with Crippen LogP contribution in [0.3, 0.4) is 0 Å². The molecule has 9 heteroatoms. The molecule has 1 aromatic rings. The molecule has 0 saturated heterocycles. The lowest BCUT2D eigenvalue weighted by atomic mass is 10.1. The molecular formula is C11H14BrNO6S. The average Bonchev–Trinajstić information content (AvgIpc) is 2.28. The standard InChI is InChI=1S/C11H14BrNO6S/c1-7(14)9-5-8(12)6-10(13(15)16)11(9)19-3-4-20(2,17)18/h5-7,14H,3-4H2,1-2H3/t7-/m0/s1. The van der Waals surface area contributed by atoms with Gasteiger partial charge in [0.1, 0.15) is 6.61 Å². The van der Waals surface area contributed by atoms with Crippen molar-refractivity contribution in [2.24, 2.45) is 0 Å². The Bertz CT molecular complexity index is 614. The zero-order valence-corrected chi connectivity index (χ0v) is 13.3. The molecule has 0 spiro atoms. The van der Waals surface area contributed by atoms with Gasteiger partial charge in [-0.25, -0.2) is 8.42 Å². The molecule has 0 unspecified atom stereocenters. The van der Waals surface area contributed by atoms with Crippen molar-refractivity contribution in [1.82, 2.24) is 0 Å². The van der Waals surface area contributed by atoms with Gasteiger partial charge in [0.15, 0.2) is 9.84 Å². The van der Waals surface area contributed by atoms with E-state index in [1.54, 1.807) is 0 Å². The first-order valence-electron chi connectivity index (χ1n) is 5.58. The van der Waals surface area contributed by atoms with E-state index < -0.39 is 20.9 Å². The van der Waals surface area contributed by atoms with Crippen molar-refractivity contribution in [2.75, 3.05) is 18.6 Å². The van der Waals surface area contributed by atoms with E-state index in [0.717, 1.165) is 6.26 Å². The molecule has 7 nitrogen and oxygen atoms in total. The topological polar surface area (TPSA) is 107 Å². The molecule has 20 heavy (non-hydrogen) atoms. The minimum absolute atomic E-state index is 0.114. The van der Waals surface area contributed by atoms with E-state index in [1.165, 1.54) is 19.1 Å². The number of benzene rings is 1. The first-order valence-corrected chi connectivity index (χ1v) is 8.43. The maximum atomic E-state index is 11.0. The van der Waals surface area contributed by atoms with Crippen LogP contribution in [0.2, 0.25) is 0 Å². The fourth-order valence-corrected chi connectivity index (χ4v) is 2.35. The van der Waals surface area contributed by atoms with Gasteiger partial charge in [-0.05, 0) is 13.0 Å². The van der Waals surface area contributed by atoms with Crippen molar-refractivity contribution < 1.29 is 23.2 Å². The van der Waals surface area contributed by atoms with Crippen LogP contribution in [0.5, 0.6) is 5.75 Å². The van der Waals surface area contributed by atoms with Crippen molar-refractivity contribution in [3.8, 4) is 5.75 Å². The van der Waals surface area contributed by atoms with E-state index in [9.17, 15) is 23.6 Å². The third-order valence-electron chi connectivity index (χ3n) is 2.41. The number of hydrogen-bond acceptors (Lipinski definition) is 6. The summed E-state index contributed by atoms with van der Waals surface area (Å²) in [7, 11) is -3.24. The van der Waals surface area contributed by atoms with Crippen LogP contribution in [0.15, 0.2) is 16.6 Å². The monoisotopic (exact) mass is 367 g/mol. The molecule has 1 atom stereocenters. The average molecular weight is 368 g/mol. The maximum Gasteiger partial charge on any atom is 0.312 e. The molecule has 0 radical (unpaired) electrons. The van der Waals surface area contributed by atoms with Gasteiger partial charge in [-0.3, -0.25) is 10.1 Å². The highest BCUT2D eigenvalue weighted by Gasteiger charge is 2.23. The molecule has 1 rings (SSSR count). The summed E-state index contributed by atoms with van der Waals surface area (Å²) in [6.45, 7) is 1.22. The van der Waals surface area contributed by atoms with Crippen molar-refractivity contribution in [3.63, 3.8) is 0 Å². The van der Waals surface area contributed by atoms with Crippen LogP contribution in [0.25, 0.3) is 0 Å². The summed E-state index contributed by atoms with van der Waals surface area (Å²) in [6.07, 6.45) is 0.0569. The second-order valence-corrected chi connectivity index (χ2v) is 7.43. The van der Waals surface area contributed by atoms with Crippen LogP contribution in [0.4, 0.5) is 5.69 Å². The van der Waals surface area contributed by atoms with Crippen LogP contribution in [0, 0.1) is 10.1 Å². The summed E-state index contributed by atoms with van der Waals surface area (Å²) in [5.74, 6) is -0.378. The minimum Gasteiger partial charge on any atom is -0.485 e. The fraction of sp³-hybridized carbons (Fsp3) is 0.455. The zero-order valence-electron chi connectivity index (χ0n) is 10.9. The van der Waals surface area contributed by atoms with Gasteiger partial charge in [-0.2, -0.15) is 0 Å². The Morgan fingerprint density at radius 1 is 1.50 bits per heavy atom. The third-order valence-corrected chi connectivity index (χ3v) is 3.78. The van der Waals surface area contributed by atoms with Crippen LogP contribution in [-0.4, -0.2) is 37.1 Å². The molecule has 0 saturated carbocycles. The van der Waals surface area contributed by atoms with Crippen molar-refractivity contribution in [2.45, 2.75) is 13.0 Å². The Hall–Kier alpha value is -1.19. The zero-order chi connectivity index (χ0) is 15.5. The predicted octanol–water partition coefficient (Wildman–Crippen LogP) is 1.83. The summed E-state index contributed by atoms with van der Waals surface area (Å²) in [4.78, 5) is 10.4. The molecule has 1 N–H and O–H groups in total. The number of nitro groups is 1. The molecule has 112 valence electrons. The second-order valence-electron chi connectivity index (χ2n) is 4.25. The van der Waals surface area contributed by atoms with E-state index in [2.05, 4.69) is 15.9 Å². The molecule has 0 heterocycles. The van der Waals surface area contributed by atoms with Gasteiger partial charge in [0.05, 0.1) is 16.8 Å². The number of hydrogen-bond donors (Lipinski definition) is 1. The van der Waals surface area contributed by atoms with Gasteiger partial charge in [0, 0.05) is 22.4 Å². The summed E-state index contributed by atoms with van der Waals surface area (Å²) >= 11 is 3.12. The number of ether oxygens (including phenoxy) is 1. The molecule has 0 amide bonds. The van der Waals surface area contributed by atoms with E-state index in [0.29, 0.717) is 4.47 Å². The Morgan fingerprint density at radius 2 is 2.10 bits per heavy atom. The van der Waals surface area contributed by atoms with Crippen molar-refractivity contribution in [3.05, 3.63) is 32.3 Å². The van der Waals surface area contributed by atoms with Gasteiger partial charge in [-0.15, -0.1) is 0 Å². The smallest absolute Gasteiger partial charge is 0.312 e. The molecule has 0 fully saturated rings. The minimum atomic E-state index is -3.24. The molecule has 0 bridgehead atoms. The summed E-state index contributed by atoms with van der Waals surface area (Å²) in [5.41, 5.74) is -0.108. The van der Waals surface area contributed by atoms with Gasteiger partial charge < -0.3 is 9.84 Å². The van der Waals surface area contributed by atoms with Gasteiger partial charge in [0.25, 0.3) is 0 Å². The molecule has 1 aromatic carbocycles. The van der Waals surface area contributed by atoms with E-state index in [4.69, 9.17) is 4.74 Å². The lowest BCUT2D eigenvalue weighted by molar-refractivity contribution is -0.386. The lowest BCUT2D eigenvalue weighted by Gasteiger charge is -2.14. The fourth-order valence-electron chi connectivity index (χ4n) is 1.50. The largest absolute Gasteiger partial charge is 0.485 e. The maximum absolute atomic E-state index is 11.0. The van der Waals surface area contributed by atoms with Crippen molar-refractivity contribution in [1.29, 1.82) is 0 Å². The number of halogens is 1. The number of rotatable bonds is 6. The van der Waals surface area contributed by atoms with Gasteiger partial charge in [0.2, 0.25) is 5.75 Å². The third kappa shape index (κ3) is 4.73. The van der Waals surface area contributed by atoms with E-state index >= 15 is 0 Å². The van der Waals surface area contributed by atoms with Gasteiger partial charge >= 0.3 is 5.69 Å². The van der Waals surface area contributed by atoms with E-state index in [-0.39, 0.29) is 29.4 Å². The first-order chi connectivity index (χ1) is 9.11. The van der Waals surface area contributed by atoms with Crippen LogP contribution in [-0.2, 0) is 9.84 Å². The highest BCUT2D eigenvalue weighted by atomic mass is 79.9. The van der Waals surface area contributed by atoms with Crippen LogP contribution >= 0.6 is 15.9 Å². The Labute approximate surface area is 124 Å². The highest BCUT2D eigenvalue weighted by Crippen LogP contribution is 2.37. The molecule has 0 aliphatic carbocycles. The van der Waals surface area contributed by atoms with Crippen LogP contribution in [0.1, 0.15) is 18.6 Å². The Balaban J connectivity index is 3.16. The Kier molecular flexibility index (Phi) is 5.49. The van der Waals surface area contributed by atoms with Crippen molar-refractivity contribution >= 4 is 31.5 Å². The number of nitro benzene ring substituents is 1. The molecule has 0 aromatic heterocycles. The first kappa shape index (κ1) is 16.9. The normalized spacial score (nSPS) is 13.0. The highest BCUT2D eigenvalue weighted by molar-refractivity contribution is 9.10.